The van der Waals surface area contributed by atoms with E-state index in [0.29, 0.717) is 29.6 Å². The summed E-state index contributed by atoms with van der Waals surface area (Å²) in [6.45, 7) is 4.74. The molecule has 3 heteroatoms. The van der Waals surface area contributed by atoms with Crippen molar-refractivity contribution in [2.24, 2.45) is 40.2 Å². The number of nitrogens with two attached hydrogens (primary N) is 1. The maximum atomic E-state index is 14.3. The first-order valence-electron chi connectivity index (χ1n) is 9.44. The summed E-state index contributed by atoms with van der Waals surface area (Å²) in [7, 11) is 0. The third-order valence-electron chi connectivity index (χ3n) is 8.71. The van der Waals surface area contributed by atoms with Crippen molar-refractivity contribution >= 4 is 0 Å². The molecule has 22 heavy (non-hydrogen) atoms. The zero-order valence-corrected chi connectivity index (χ0v) is 14.1. The number of fused-ring (bicyclic) bond motifs is 5. The molecule has 0 aromatic rings. The van der Waals surface area contributed by atoms with E-state index < -0.39 is 6.17 Å². The van der Waals surface area contributed by atoms with Crippen LogP contribution in [0.3, 0.4) is 0 Å². The minimum absolute atomic E-state index is 0.0258. The van der Waals surface area contributed by atoms with E-state index in [9.17, 15) is 9.50 Å². The van der Waals surface area contributed by atoms with Gasteiger partial charge in [-0.1, -0.05) is 13.8 Å². The fraction of sp³-hybridized carbons (Fsp3) is 1.00. The predicted octanol–water partition coefficient (Wildman–Crippen LogP) is 3.67. The molecule has 0 aromatic carbocycles. The minimum atomic E-state index is -0.799. The van der Waals surface area contributed by atoms with Crippen LogP contribution in [-0.4, -0.2) is 23.4 Å². The second kappa shape index (κ2) is 4.92. The lowest BCUT2D eigenvalue weighted by molar-refractivity contribution is -0.122. The van der Waals surface area contributed by atoms with Gasteiger partial charge < -0.3 is 10.8 Å². The maximum Gasteiger partial charge on any atom is 0.116 e. The molecule has 4 aliphatic carbocycles. The molecule has 0 amide bonds. The largest absolute Gasteiger partial charge is 0.393 e. The lowest BCUT2D eigenvalue weighted by atomic mass is 9.45. The van der Waals surface area contributed by atoms with E-state index in [-0.39, 0.29) is 17.6 Å². The topological polar surface area (TPSA) is 46.2 Å². The van der Waals surface area contributed by atoms with Crippen molar-refractivity contribution in [3.63, 3.8) is 0 Å². The monoisotopic (exact) mass is 309 g/mol. The molecule has 4 rings (SSSR count). The SMILES string of the molecule is C[C@]12CC[C@@H](O)C[C@H]1CC[C@@H]1[C@@H]2CC[C@]2(C)[C@@H](N)[C@H](F)C[C@@H]12. The van der Waals surface area contributed by atoms with E-state index in [2.05, 4.69) is 13.8 Å². The van der Waals surface area contributed by atoms with Crippen molar-refractivity contribution in [3.8, 4) is 0 Å². The average Bonchev–Trinajstić information content (AvgIpc) is 2.72. The number of hydrogen-bond donors (Lipinski definition) is 2. The molecule has 4 fully saturated rings. The quantitative estimate of drug-likeness (QED) is 0.717. The van der Waals surface area contributed by atoms with Crippen LogP contribution < -0.4 is 5.73 Å². The number of rotatable bonds is 0. The van der Waals surface area contributed by atoms with Crippen molar-refractivity contribution < 1.29 is 9.50 Å². The van der Waals surface area contributed by atoms with E-state index >= 15 is 0 Å². The van der Waals surface area contributed by atoms with Gasteiger partial charge in [0.2, 0.25) is 0 Å². The van der Waals surface area contributed by atoms with E-state index in [1.165, 1.54) is 19.3 Å². The maximum absolute atomic E-state index is 14.3. The minimum Gasteiger partial charge on any atom is -0.393 e. The summed E-state index contributed by atoms with van der Waals surface area (Å²) in [5, 5.41) is 10.1. The van der Waals surface area contributed by atoms with Crippen LogP contribution in [-0.2, 0) is 0 Å². The molecular formula is C19H32FNO. The van der Waals surface area contributed by atoms with Crippen molar-refractivity contribution in [2.75, 3.05) is 0 Å². The number of alkyl halides is 1. The highest BCUT2D eigenvalue weighted by Gasteiger charge is 2.61. The Kier molecular flexibility index (Phi) is 3.44. The summed E-state index contributed by atoms with van der Waals surface area (Å²) in [5.74, 6) is 2.57. The summed E-state index contributed by atoms with van der Waals surface area (Å²) in [6.07, 6.45) is 7.72. The van der Waals surface area contributed by atoms with Gasteiger partial charge >= 0.3 is 0 Å². The van der Waals surface area contributed by atoms with E-state index in [4.69, 9.17) is 5.73 Å². The summed E-state index contributed by atoms with van der Waals surface area (Å²) in [5.41, 5.74) is 6.67. The van der Waals surface area contributed by atoms with Gasteiger partial charge in [-0.3, -0.25) is 0 Å². The normalized spacial score (nSPS) is 61.2. The van der Waals surface area contributed by atoms with Crippen LogP contribution in [0.1, 0.15) is 65.2 Å². The second-order valence-corrected chi connectivity index (χ2v) is 9.41. The average molecular weight is 309 g/mol. The number of aliphatic hydroxyl groups is 1. The summed E-state index contributed by atoms with van der Waals surface area (Å²) in [6, 6.07) is -0.253. The molecule has 0 bridgehead atoms. The second-order valence-electron chi connectivity index (χ2n) is 9.41. The van der Waals surface area contributed by atoms with Gasteiger partial charge in [0.1, 0.15) is 6.17 Å². The first-order valence-corrected chi connectivity index (χ1v) is 9.44. The van der Waals surface area contributed by atoms with Crippen LogP contribution in [0, 0.1) is 34.5 Å². The molecule has 3 N–H and O–H groups in total. The number of halogens is 1. The molecule has 0 aromatic heterocycles. The van der Waals surface area contributed by atoms with Crippen molar-refractivity contribution in [3.05, 3.63) is 0 Å². The van der Waals surface area contributed by atoms with Crippen molar-refractivity contribution in [1.82, 2.24) is 0 Å². The van der Waals surface area contributed by atoms with E-state index in [1.54, 1.807) is 0 Å². The lowest BCUT2D eigenvalue weighted by Gasteiger charge is -2.60. The Morgan fingerprint density at radius 3 is 2.45 bits per heavy atom. The first kappa shape index (κ1) is 15.4. The Balaban J connectivity index is 1.63. The summed E-state index contributed by atoms with van der Waals surface area (Å²) in [4.78, 5) is 0. The molecule has 0 spiro atoms. The van der Waals surface area contributed by atoms with Crippen LogP contribution in [0.4, 0.5) is 4.39 Å². The van der Waals surface area contributed by atoms with Crippen LogP contribution in [0.5, 0.6) is 0 Å². The van der Waals surface area contributed by atoms with Gasteiger partial charge in [-0.15, -0.1) is 0 Å². The third kappa shape index (κ3) is 1.90. The Bertz CT molecular complexity index is 457. The Hall–Kier alpha value is -0.150. The molecule has 4 aliphatic rings. The first-order chi connectivity index (χ1) is 10.4. The lowest BCUT2D eigenvalue weighted by Crippen LogP contribution is -2.55. The Morgan fingerprint density at radius 2 is 1.68 bits per heavy atom. The van der Waals surface area contributed by atoms with Crippen molar-refractivity contribution in [2.45, 2.75) is 83.5 Å². The molecular weight excluding hydrogens is 277 g/mol. The molecule has 0 aliphatic heterocycles. The van der Waals surface area contributed by atoms with Crippen LogP contribution in [0.15, 0.2) is 0 Å². The fourth-order valence-electron chi connectivity index (χ4n) is 7.24. The number of hydrogen-bond acceptors (Lipinski definition) is 2. The van der Waals surface area contributed by atoms with Gasteiger partial charge in [0, 0.05) is 6.04 Å². The van der Waals surface area contributed by atoms with Crippen LogP contribution in [0.2, 0.25) is 0 Å². The smallest absolute Gasteiger partial charge is 0.116 e. The molecule has 0 radical (unpaired) electrons. The van der Waals surface area contributed by atoms with Crippen LogP contribution >= 0.6 is 0 Å². The van der Waals surface area contributed by atoms with Gasteiger partial charge in [-0.2, -0.15) is 0 Å². The Morgan fingerprint density at radius 1 is 0.955 bits per heavy atom. The number of aliphatic hydroxyl groups excluding tert-OH is 1. The zero-order valence-electron chi connectivity index (χ0n) is 14.1. The van der Waals surface area contributed by atoms with Gasteiger partial charge in [0.05, 0.1) is 6.10 Å². The van der Waals surface area contributed by atoms with E-state index in [0.717, 1.165) is 31.6 Å². The molecule has 0 heterocycles. The summed E-state index contributed by atoms with van der Waals surface area (Å²) >= 11 is 0. The molecule has 9 atom stereocenters. The zero-order chi connectivity index (χ0) is 15.7. The van der Waals surface area contributed by atoms with E-state index in [1.807, 2.05) is 0 Å². The fourth-order valence-corrected chi connectivity index (χ4v) is 7.24. The molecule has 2 nitrogen and oxygen atoms in total. The highest BCUT2D eigenvalue weighted by atomic mass is 19.1. The molecule has 0 saturated heterocycles. The van der Waals surface area contributed by atoms with Gasteiger partial charge in [-0.05, 0) is 85.9 Å². The van der Waals surface area contributed by atoms with Crippen molar-refractivity contribution in [1.29, 1.82) is 0 Å². The van der Waals surface area contributed by atoms with Gasteiger partial charge in [-0.25, -0.2) is 4.39 Å². The summed E-state index contributed by atoms with van der Waals surface area (Å²) < 4.78 is 14.3. The molecule has 4 saturated carbocycles. The molecule has 126 valence electrons. The predicted molar refractivity (Wildman–Crippen MR) is 86.0 cm³/mol. The third-order valence-corrected chi connectivity index (χ3v) is 8.71. The standard InChI is InChI=1S/C19H32FNO/c1-18-7-5-12(22)9-11(18)3-4-13-14(18)6-8-19(2)15(13)10-16(20)17(19)21/h11-17,22H,3-10,21H2,1-2H3/t11-,12-,13-,14+,15+,16-,17+,18+,19+/m1/s1. The van der Waals surface area contributed by atoms with Gasteiger partial charge in [0.15, 0.2) is 0 Å². The highest BCUT2D eigenvalue weighted by molar-refractivity contribution is 5.12. The Labute approximate surface area is 134 Å². The van der Waals surface area contributed by atoms with Crippen LogP contribution in [0.25, 0.3) is 0 Å². The highest BCUT2D eigenvalue weighted by Crippen LogP contribution is 2.66. The van der Waals surface area contributed by atoms with Gasteiger partial charge in [0.25, 0.3) is 0 Å². The molecule has 0 unspecified atom stereocenters.